The third-order valence-electron chi connectivity index (χ3n) is 3.07. The zero-order valence-electron chi connectivity index (χ0n) is 12.1. The Hall–Kier alpha value is -0.570. The predicted octanol–water partition coefficient (Wildman–Crippen LogP) is 2.79. The van der Waals surface area contributed by atoms with Crippen LogP contribution in [0.4, 0.5) is 0 Å². The highest BCUT2D eigenvalue weighted by atomic mass is 14.9. The Morgan fingerprint density at radius 3 is 2.18 bits per heavy atom. The Bertz CT molecular complexity index is 210. The molecule has 1 atom stereocenters. The minimum atomic E-state index is 0.435. The van der Waals surface area contributed by atoms with Gasteiger partial charge in [0.2, 0.25) is 0 Å². The van der Waals surface area contributed by atoms with Crippen molar-refractivity contribution in [3.05, 3.63) is 0 Å². The van der Waals surface area contributed by atoms with E-state index < -0.39 is 0 Å². The van der Waals surface area contributed by atoms with Gasteiger partial charge in [0.25, 0.3) is 0 Å². The lowest BCUT2D eigenvalue weighted by molar-refractivity contribution is 0.399. The van der Waals surface area contributed by atoms with Crippen molar-refractivity contribution >= 4 is 5.84 Å². The molecule has 0 spiro atoms. The fourth-order valence-corrected chi connectivity index (χ4v) is 2.00. The molecule has 0 saturated heterocycles. The second-order valence-corrected chi connectivity index (χ2v) is 5.64. The van der Waals surface area contributed by atoms with Crippen molar-refractivity contribution in [3.8, 4) is 0 Å². The van der Waals surface area contributed by atoms with Crippen molar-refractivity contribution in [2.45, 2.75) is 53.4 Å². The average molecular weight is 241 g/mol. The normalized spacial score (nSPS) is 14.6. The van der Waals surface area contributed by atoms with E-state index in [9.17, 15) is 0 Å². The van der Waals surface area contributed by atoms with Crippen LogP contribution in [0, 0.1) is 17.8 Å². The first-order valence-corrected chi connectivity index (χ1v) is 6.98. The smallest absolute Gasteiger partial charge is 0.0971 e. The van der Waals surface area contributed by atoms with Crippen molar-refractivity contribution in [1.29, 1.82) is 0 Å². The number of nitrogens with two attached hydrogens (primary N) is 2. The molecule has 0 aromatic heterocycles. The molecule has 0 bridgehead atoms. The van der Waals surface area contributed by atoms with E-state index in [-0.39, 0.29) is 0 Å². The molecule has 0 rings (SSSR count). The molecule has 0 heterocycles. The third kappa shape index (κ3) is 8.19. The topological polar surface area (TPSA) is 64.4 Å². The lowest BCUT2D eigenvalue weighted by Gasteiger charge is -2.22. The van der Waals surface area contributed by atoms with Crippen molar-refractivity contribution in [1.82, 2.24) is 0 Å². The Labute approximate surface area is 107 Å². The Morgan fingerprint density at radius 2 is 1.71 bits per heavy atom. The summed E-state index contributed by atoms with van der Waals surface area (Å²) in [7, 11) is 0. The number of amidine groups is 1. The summed E-state index contributed by atoms with van der Waals surface area (Å²) in [6.07, 6.45) is 4.49. The van der Waals surface area contributed by atoms with Gasteiger partial charge in [0.15, 0.2) is 0 Å². The second kappa shape index (κ2) is 9.46. The van der Waals surface area contributed by atoms with Gasteiger partial charge in [-0.25, -0.2) is 0 Å². The zero-order chi connectivity index (χ0) is 13.3. The van der Waals surface area contributed by atoms with E-state index in [2.05, 4.69) is 32.7 Å². The van der Waals surface area contributed by atoms with Gasteiger partial charge in [-0.3, -0.25) is 4.99 Å². The predicted molar refractivity (Wildman–Crippen MR) is 77.2 cm³/mol. The van der Waals surface area contributed by atoms with Gasteiger partial charge in [-0.05, 0) is 37.6 Å². The van der Waals surface area contributed by atoms with Crippen LogP contribution in [-0.4, -0.2) is 18.9 Å². The lowest BCUT2D eigenvalue weighted by Crippen LogP contribution is -2.29. The molecule has 0 aliphatic rings. The van der Waals surface area contributed by atoms with E-state index >= 15 is 0 Å². The van der Waals surface area contributed by atoms with Crippen molar-refractivity contribution in [2.75, 3.05) is 13.1 Å². The molecule has 0 aromatic carbocycles. The van der Waals surface area contributed by atoms with Crippen LogP contribution in [0.15, 0.2) is 4.99 Å². The van der Waals surface area contributed by atoms with Gasteiger partial charge >= 0.3 is 0 Å². The summed E-state index contributed by atoms with van der Waals surface area (Å²) in [5.41, 5.74) is 11.6. The lowest BCUT2D eigenvalue weighted by atomic mass is 9.87. The van der Waals surface area contributed by atoms with Gasteiger partial charge in [-0.15, -0.1) is 0 Å². The molecule has 0 saturated carbocycles. The minimum absolute atomic E-state index is 0.435. The first kappa shape index (κ1) is 16.4. The number of hydrogen-bond acceptors (Lipinski definition) is 2. The van der Waals surface area contributed by atoms with Crippen LogP contribution in [0.3, 0.4) is 0 Å². The molecule has 0 aromatic rings. The quantitative estimate of drug-likeness (QED) is 0.370. The summed E-state index contributed by atoms with van der Waals surface area (Å²) in [5, 5.41) is 0. The molecular weight excluding hydrogens is 210 g/mol. The Kier molecular flexibility index (Phi) is 9.14. The Morgan fingerprint density at radius 1 is 1.06 bits per heavy atom. The average Bonchev–Trinajstić information content (AvgIpc) is 2.24. The van der Waals surface area contributed by atoms with Crippen molar-refractivity contribution in [3.63, 3.8) is 0 Å². The first-order chi connectivity index (χ1) is 7.99. The number of unbranched alkanes of at least 4 members (excludes halogenated alkanes) is 2. The van der Waals surface area contributed by atoms with E-state index in [1.54, 1.807) is 0 Å². The van der Waals surface area contributed by atoms with Gasteiger partial charge in [-0.2, -0.15) is 0 Å². The molecule has 3 heteroatoms. The molecule has 3 nitrogen and oxygen atoms in total. The van der Waals surface area contributed by atoms with Crippen molar-refractivity contribution in [2.24, 2.45) is 34.2 Å². The van der Waals surface area contributed by atoms with Crippen LogP contribution in [-0.2, 0) is 0 Å². The molecular formula is C14H31N3. The molecule has 1 unspecified atom stereocenters. The highest BCUT2D eigenvalue weighted by Crippen LogP contribution is 2.20. The number of aliphatic imine (C=N–C) groups is 1. The van der Waals surface area contributed by atoms with Crippen molar-refractivity contribution < 1.29 is 0 Å². The summed E-state index contributed by atoms with van der Waals surface area (Å²) < 4.78 is 0. The van der Waals surface area contributed by atoms with E-state index in [4.69, 9.17) is 11.5 Å². The molecule has 0 fully saturated rings. The zero-order valence-corrected chi connectivity index (χ0v) is 12.1. The fraction of sp³-hybridized carbons (Fsp3) is 0.929. The van der Waals surface area contributed by atoms with E-state index in [0.717, 1.165) is 44.6 Å². The minimum Gasteiger partial charge on any atom is -0.387 e. The van der Waals surface area contributed by atoms with E-state index in [0.29, 0.717) is 17.8 Å². The second-order valence-electron chi connectivity index (χ2n) is 5.64. The van der Waals surface area contributed by atoms with Crippen LogP contribution >= 0.6 is 0 Å². The molecule has 102 valence electrons. The van der Waals surface area contributed by atoms with Gasteiger partial charge in [-0.1, -0.05) is 34.1 Å². The highest BCUT2D eigenvalue weighted by Gasteiger charge is 2.18. The molecule has 0 aliphatic carbocycles. The first-order valence-electron chi connectivity index (χ1n) is 6.98. The molecule has 0 amide bonds. The maximum atomic E-state index is 6.11. The molecule has 4 N–H and O–H groups in total. The maximum absolute atomic E-state index is 6.11. The Balaban J connectivity index is 4.11. The summed E-state index contributed by atoms with van der Waals surface area (Å²) in [5.74, 6) is 2.53. The monoisotopic (exact) mass is 241 g/mol. The molecule has 0 aliphatic heterocycles. The summed E-state index contributed by atoms with van der Waals surface area (Å²) in [6.45, 7) is 10.6. The summed E-state index contributed by atoms with van der Waals surface area (Å²) in [6, 6.07) is 0. The third-order valence-corrected chi connectivity index (χ3v) is 3.07. The number of rotatable bonds is 9. The van der Waals surface area contributed by atoms with Gasteiger partial charge in [0, 0.05) is 12.5 Å². The molecule has 17 heavy (non-hydrogen) atoms. The van der Waals surface area contributed by atoms with Gasteiger partial charge in [0.05, 0.1) is 5.84 Å². The SMILES string of the molecule is CC(C)CC(C(N)=NCCCCCN)C(C)C. The fourth-order valence-electron chi connectivity index (χ4n) is 2.00. The van der Waals surface area contributed by atoms with Gasteiger partial charge in [0.1, 0.15) is 0 Å². The summed E-state index contributed by atoms with van der Waals surface area (Å²) in [4.78, 5) is 4.52. The van der Waals surface area contributed by atoms with Gasteiger partial charge < -0.3 is 11.5 Å². The van der Waals surface area contributed by atoms with E-state index in [1.807, 2.05) is 0 Å². The van der Waals surface area contributed by atoms with E-state index in [1.165, 1.54) is 0 Å². The largest absolute Gasteiger partial charge is 0.387 e. The van der Waals surface area contributed by atoms with Crippen LogP contribution in [0.2, 0.25) is 0 Å². The molecule has 0 radical (unpaired) electrons. The van der Waals surface area contributed by atoms with Crippen LogP contribution in [0.25, 0.3) is 0 Å². The summed E-state index contributed by atoms with van der Waals surface area (Å²) >= 11 is 0. The standard InChI is InChI=1S/C14H31N3/c1-11(2)10-13(12(3)4)14(16)17-9-7-5-6-8-15/h11-13H,5-10,15H2,1-4H3,(H2,16,17). The maximum Gasteiger partial charge on any atom is 0.0971 e. The number of nitrogens with zero attached hydrogens (tertiary/aromatic N) is 1. The van der Waals surface area contributed by atoms with Crippen LogP contribution in [0.5, 0.6) is 0 Å². The van der Waals surface area contributed by atoms with Crippen LogP contribution in [0.1, 0.15) is 53.4 Å². The highest BCUT2D eigenvalue weighted by molar-refractivity contribution is 5.83. The van der Waals surface area contributed by atoms with Crippen LogP contribution < -0.4 is 11.5 Å². The number of hydrogen-bond donors (Lipinski definition) is 2.